The second kappa shape index (κ2) is 8.04. The number of rotatable bonds is 6. The number of carbonyl (C=O) groups excluding carboxylic acids is 1. The minimum absolute atomic E-state index is 0.0649. The predicted octanol–water partition coefficient (Wildman–Crippen LogP) is 4.69. The van der Waals surface area contributed by atoms with E-state index in [0.717, 1.165) is 12.8 Å². The van der Waals surface area contributed by atoms with Crippen LogP contribution >= 0.6 is 15.9 Å². The van der Waals surface area contributed by atoms with Gasteiger partial charge >= 0.3 is 0 Å². The summed E-state index contributed by atoms with van der Waals surface area (Å²) >= 11 is 3.22. The molecule has 0 spiro atoms. The third-order valence-electron chi connectivity index (χ3n) is 4.14. The lowest BCUT2D eigenvalue weighted by atomic mass is 9.82. The van der Waals surface area contributed by atoms with E-state index in [1.54, 1.807) is 12.1 Å². The van der Waals surface area contributed by atoms with Crippen molar-refractivity contribution in [3.05, 3.63) is 34.1 Å². The first-order valence-electron chi connectivity index (χ1n) is 7.70. The number of halogens is 2. The van der Waals surface area contributed by atoms with Crippen LogP contribution in [0, 0.1) is 11.7 Å². The van der Waals surface area contributed by atoms with Crippen molar-refractivity contribution < 1.29 is 13.9 Å². The number of hydrogen-bond acceptors (Lipinski definition) is 2. The maximum absolute atomic E-state index is 13.5. The number of benzene rings is 1. The molecule has 1 aliphatic carbocycles. The van der Waals surface area contributed by atoms with Crippen LogP contribution in [-0.4, -0.2) is 18.5 Å². The van der Waals surface area contributed by atoms with E-state index >= 15 is 0 Å². The van der Waals surface area contributed by atoms with E-state index in [-0.39, 0.29) is 24.1 Å². The van der Waals surface area contributed by atoms with Crippen LogP contribution in [0.2, 0.25) is 0 Å². The lowest BCUT2D eigenvalue weighted by molar-refractivity contribution is -0.134. The molecule has 1 aromatic rings. The predicted molar refractivity (Wildman–Crippen MR) is 84.8 cm³/mol. The molecular formula is C17H22BrFO2. The third-order valence-corrected chi connectivity index (χ3v) is 5.03. The normalized spacial score (nSPS) is 17.7. The van der Waals surface area contributed by atoms with Gasteiger partial charge in [0.1, 0.15) is 11.9 Å². The van der Waals surface area contributed by atoms with Gasteiger partial charge in [-0.3, -0.25) is 4.79 Å². The summed E-state index contributed by atoms with van der Waals surface area (Å²) in [5, 5.41) is 0. The van der Waals surface area contributed by atoms with E-state index in [0.29, 0.717) is 22.6 Å². The van der Waals surface area contributed by atoms with E-state index in [1.165, 1.54) is 25.3 Å². The van der Waals surface area contributed by atoms with Crippen LogP contribution in [-0.2, 0) is 16.0 Å². The van der Waals surface area contributed by atoms with Crippen molar-refractivity contribution in [3.8, 4) is 0 Å². The molecule has 1 fully saturated rings. The van der Waals surface area contributed by atoms with E-state index in [1.807, 2.05) is 6.92 Å². The summed E-state index contributed by atoms with van der Waals surface area (Å²) in [5.41, 5.74) is 0.695. The molecular weight excluding hydrogens is 335 g/mol. The summed E-state index contributed by atoms with van der Waals surface area (Å²) in [6.07, 6.45) is 5.58. The van der Waals surface area contributed by atoms with Crippen molar-refractivity contribution in [3.63, 3.8) is 0 Å². The van der Waals surface area contributed by atoms with Crippen molar-refractivity contribution in [2.45, 2.75) is 51.6 Å². The van der Waals surface area contributed by atoms with Gasteiger partial charge in [-0.25, -0.2) is 4.39 Å². The molecule has 4 heteroatoms. The lowest BCUT2D eigenvalue weighted by Crippen LogP contribution is -2.35. The zero-order valence-corrected chi connectivity index (χ0v) is 14.0. The summed E-state index contributed by atoms with van der Waals surface area (Å²) in [4.78, 5) is 12.6. The quantitative estimate of drug-likeness (QED) is 0.739. The average Bonchev–Trinajstić information content (AvgIpc) is 2.50. The second-order valence-electron chi connectivity index (χ2n) is 5.63. The Morgan fingerprint density at radius 2 is 2.10 bits per heavy atom. The van der Waals surface area contributed by atoms with Gasteiger partial charge in [0.2, 0.25) is 0 Å². The van der Waals surface area contributed by atoms with Crippen LogP contribution in [0.25, 0.3) is 0 Å². The first kappa shape index (κ1) is 16.6. The Kier molecular flexibility index (Phi) is 6.37. The van der Waals surface area contributed by atoms with Gasteiger partial charge in [-0.1, -0.05) is 31.4 Å². The van der Waals surface area contributed by atoms with Gasteiger partial charge in [-0.05, 0) is 53.2 Å². The smallest absolute Gasteiger partial charge is 0.166 e. The monoisotopic (exact) mass is 356 g/mol. The fourth-order valence-electron chi connectivity index (χ4n) is 3.08. The first-order chi connectivity index (χ1) is 10.1. The molecule has 2 nitrogen and oxygen atoms in total. The summed E-state index contributed by atoms with van der Waals surface area (Å²) in [6.45, 7) is 2.46. The maximum Gasteiger partial charge on any atom is 0.166 e. The van der Waals surface area contributed by atoms with E-state index < -0.39 is 0 Å². The molecule has 0 N–H and O–H groups in total. The van der Waals surface area contributed by atoms with Crippen LogP contribution in [0.4, 0.5) is 4.39 Å². The largest absolute Gasteiger partial charge is 0.370 e. The molecule has 0 bridgehead atoms. The van der Waals surface area contributed by atoms with E-state index in [4.69, 9.17) is 4.74 Å². The van der Waals surface area contributed by atoms with Crippen LogP contribution in [0.15, 0.2) is 22.7 Å². The molecule has 0 heterocycles. The van der Waals surface area contributed by atoms with Gasteiger partial charge in [-0.2, -0.15) is 0 Å². The molecule has 1 aliphatic rings. The molecule has 116 valence electrons. The van der Waals surface area contributed by atoms with Gasteiger partial charge in [0, 0.05) is 13.0 Å². The molecule has 0 aliphatic heterocycles. The zero-order chi connectivity index (χ0) is 15.2. The van der Waals surface area contributed by atoms with Crippen LogP contribution in [0.1, 0.15) is 44.6 Å². The van der Waals surface area contributed by atoms with Crippen LogP contribution in [0.5, 0.6) is 0 Å². The number of ether oxygens (including phenoxy) is 1. The van der Waals surface area contributed by atoms with Gasteiger partial charge < -0.3 is 4.74 Å². The molecule has 0 amide bonds. The minimum atomic E-state index is -0.342. The molecule has 0 saturated heterocycles. The van der Waals surface area contributed by atoms with E-state index in [2.05, 4.69) is 15.9 Å². The zero-order valence-electron chi connectivity index (χ0n) is 12.4. The SMILES string of the molecule is CCOC(C(=O)Cc1cccc(F)c1Br)C1CCCCC1. The Morgan fingerprint density at radius 3 is 2.76 bits per heavy atom. The molecule has 0 radical (unpaired) electrons. The molecule has 0 aromatic heterocycles. The number of hydrogen-bond donors (Lipinski definition) is 0. The minimum Gasteiger partial charge on any atom is -0.370 e. The summed E-state index contributed by atoms with van der Waals surface area (Å²) in [6, 6.07) is 4.81. The summed E-state index contributed by atoms with van der Waals surface area (Å²) in [5.74, 6) is 0.0551. The Labute approximate surface area is 134 Å². The fourth-order valence-corrected chi connectivity index (χ4v) is 3.49. The third kappa shape index (κ3) is 4.36. The van der Waals surface area contributed by atoms with Gasteiger partial charge in [0.15, 0.2) is 5.78 Å². The lowest BCUT2D eigenvalue weighted by Gasteiger charge is -2.29. The Balaban J connectivity index is 2.09. The molecule has 1 unspecified atom stereocenters. The number of ketones is 1. The second-order valence-corrected chi connectivity index (χ2v) is 6.42. The summed E-state index contributed by atoms with van der Waals surface area (Å²) < 4.78 is 19.7. The highest BCUT2D eigenvalue weighted by Gasteiger charge is 2.30. The summed E-state index contributed by atoms with van der Waals surface area (Å²) in [7, 11) is 0. The highest BCUT2D eigenvalue weighted by molar-refractivity contribution is 9.10. The fraction of sp³-hybridized carbons (Fsp3) is 0.588. The number of Topliss-reactive ketones (excluding diaryl/α,β-unsaturated/α-hetero) is 1. The van der Waals surface area contributed by atoms with Crippen molar-refractivity contribution in [2.24, 2.45) is 5.92 Å². The van der Waals surface area contributed by atoms with Gasteiger partial charge in [-0.15, -0.1) is 0 Å². The van der Waals surface area contributed by atoms with Crippen molar-refractivity contribution >= 4 is 21.7 Å². The standard InChI is InChI=1S/C17H22BrFO2/c1-2-21-17(12-7-4-3-5-8-12)15(20)11-13-9-6-10-14(19)16(13)18/h6,9-10,12,17H,2-5,7-8,11H2,1H3. The topological polar surface area (TPSA) is 26.3 Å². The maximum atomic E-state index is 13.5. The van der Waals surface area contributed by atoms with Gasteiger partial charge in [0.25, 0.3) is 0 Å². The van der Waals surface area contributed by atoms with Crippen LogP contribution < -0.4 is 0 Å². The highest BCUT2D eigenvalue weighted by Crippen LogP contribution is 2.30. The van der Waals surface area contributed by atoms with Gasteiger partial charge in [0.05, 0.1) is 4.47 Å². The molecule has 2 rings (SSSR count). The van der Waals surface area contributed by atoms with Crippen LogP contribution in [0.3, 0.4) is 0 Å². The average molecular weight is 357 g/mol. The van der Waals surface area contributed by atoms with Crippen molar-refractivity contribution in [1.29, 1.82) is 0 Å². The van der Waals surface area contributed by atoms with Crippen molar-refractivity contribution in [2.75, 3.05) is 6.61 Å². The van der Waals surface area contributed by atoms with E-state index in [9.17, 15) is 9.18 Å². The Morgan fingerprint density at radius 1 is 1.38 bits per heavy atom. The Bertz CT molecular complexity index is 484. The Hall–Kier alpha value is -0.740. The molecule has 1 aromatic carbocycles. The molecule has 1 atom stereocenters. The molecule has 21 heavy (non-hydrogen) atoms. The first-order valence-corrected chi connectivity index (χ1v) is 8.50. The molecule has 1 saturated carbocycles. The van der Waals surface area contributed by atoms with Crippen molar-refractivity contribution in [1.82, 2.24) is 0 Å². The number of carbonyl (C=O) groups is 1. The highest BCUT2D eigenvalue weighted by atomic mass is 79.9.